The number of hydrogen-bond acceptors (Lipinski definition) is 6. The second kappa shape index (κ2) is 7.75. The lowest BCUT2D eigenvalue weighted by atomic mass is 10.2. The van der Waals surface area contributed by atoms with Gasteiger partial charge in [0.15, 0.2) is 0 Å². The maximum atomic E-state index is 12.9. The van der Waals surface area contributed by atoms with E-state index in [2.05, 4.69) is 15.9 Å². The topological polar surface area (TPSA) is 115 Å². The van der Waals surface area contributed by atoms with E-state index in [1.165, 1.54) is 22.5 Å². The number of carbonyl (C=O) groups is 1. The summed E-state index contributed by atoms with van der Waals surface area (Å²) in [5.74, 6) is -1.28. The molecule has 0 radical (unpaired) electrons. The van der Waals surface area contributed by atoms with Gasteiger partial charge in [-0.15, -0.1) is 0 Å². The monoisotopic (exact) mass is 489 g/mol. The molecular formula is C20H16BrN3O5S. The number of halogens is 1. The molecule has 8 nitrogen and oxygen atoms in total. The van der Waals surface area contributed by atoms with Crippen LogP contribution in [0.2, 0.25) is 0 Å². The smallest absolute Gasteiger partial charge is 0.371 e. The number of benzene rings is 2. The van der Waals surface area contributed by atoms with Crippen molar-refractivity contribution in [3.63, 3.8) is 0 Å². The number of nitrogens with zero attached hydrogens (tertiary/aromatic N) is 3. The number of sulfonamides is 1. The number of aromatic carboxylic acids is 1. The van der Waals surface area contributed by atoms with Gasteiger partial charge in [-0.2, -0.15) is 9.57 Å². The molecular weight excluding hydrogens is 474 g/mol. The summed E-state index contributed by atoms with van der Waals surface area (Å²) >= 11 is 3.53. The summed E-state index contributed by atoms with van der Waals surface area (Å²) in [7, 11) is -3.69. The third-order valence-electron chi connectivity index (χ3n) is 5.01. The lowest BCUT2D eigenvalue weighted by Gasteiger charge is -2.35. The Morgan fingerprint density at radius 3 is 2.53 bits per heavy atom. The molecule has 0 spiro atoms. The van der Waals surface area contributed by atoms with Gasteiger partial charge in [-0.05, 0) is 46.3 Å². The van der Waals surface area contributed by atoms with Crippen LogP contribution in [0.1, 0.15) is 16.1 Å². The van der Waals surface area contributed by atoms with Gasteiger partial charge in [-0.25, -0.2) is 13.2 Å². The highest BCUT2D eigenvalue weighted by Crippen LogP contribution is 2.36. The summed E-state index contributed by atoms with van der Waals surface area (Å²) in [6.45, 7) is 1.50. The average molecular weight is 490 g/mol. The number of nitriles is 1. The Kier molecular flexibility index (Phi) is 5.27. The summed E-state index contributed by atoms with van der Waals surface area (Å²) in [4.78, 5) is 13.3. The Morgan fingerprint density at radius 2 is 1.87 bits per heavy atom. The molecule has 1 aliphatic rings. The molecule has 0 amide bonds. The lowest BCUT2D eigenvalue weighted by Crippen LogP contribution is -2.48. The van der Waals surface area contributed by atoms with Crippen molar-refractivity contribution in [1.29, 1.82) is 5.26 Å². The highest BCUT2D eigenvalue weighted by molar-refractivity contribution is 9.10. The standard InChI is InChI=1S/C20H16BrN3O5S/c21-19-15-11-18(20(25)26)29-17(15)5-4-16(19)23-6-8-24(9-7-23)30(27,28)14-3-1-2-13(10-14)12-22/h1-5,10-11H,6-9H2,(H,25,26). The normalized spacial score (nSPS) is 15.3. The molecule has 4 rings (SSSR count). The van der Waals surface area contributed by atoms with Gasteiger partial charge in [0, 0.05) is 37.6 Å². The van der Waals surface area contributed by atoms with Crippen LogP contribution in [-0.2, 0) is 10.0 Å². The van der Waals surface area contributed by atoms with Gasteiger partial charge in [0.05, 0.1) is 26.7 Å². The molecule has 1 fully saturated rings. The number of carboxylic acids is 1. The van der Waals surface area contributed by atoms with Crippen LogP contribution in [0.4, 0.5) is 5.69 Å². The Morgan fingerprint density at radius 1 is 1.13 bits per heavy atom. The number of hydrogen-bond donors (Lipinski definition) is 1. The Hall–Kier alpha value is -2.87. The van der Waals surface area contributed by atoms with Crippen molar-refractivity contribution in [2.45, 2.75) is 4.90 Å². The summed E-state index contributed by atoms with van der Waals surface area (Å²) in [5, 5.41) is 18.8. The van der Waals surface area contributed by atoms with Gasteiger partial charge in [0.2, 0.25) is 15.8 Å². The highest BCUT2D eigenvalue weighted by atomic mass is 79.9. The van der Waals surface area contributed by atoms with E-state index >= 15 is 0 Å². The fraction of sp³-hybridized carbons (Fsp3) is 0.200. The van der Waals surface area contributed by atoms with E-state index in [0.29, 0.717) is 34.1 Å². The van der Waals surface area contributed by atoms with Crippen LogP contribution in [0.5, 0.6) is 0 Å². The molecule has 0 saturated carbocycles. The predicted octanol–water partition coefficient (Wildman–Crippen LogP) is 3.28. The van der Waals surface area contributed by atoms with Crippen molar-refractivity contribution in [2.24, 2.45) is 0 Å². The molecule has 0 atom stereocenters. The Labute approximate surface area is 181 Å². The second-order valence-corrected chi connectivity index (χ2v) is 9.49. The first-order chi connectivity index (χ1) is 14.3. The zero-order chi connectivity index (χ0) is 21.5. The lowest BCUT2D eigenvalue weighted by molar-refractivity contribution is 0.0665. The SMILES string of the molecule is N#Cc1cccc(S(=O)(=O)N2CCN(c3ccc4oc(C(=O)O)cc4c3Br)CC2)c1. The quantitative estimate of drug-likeness (QED) is 0.597. The van der Waals surface area contributed by atoms with Crippen molar-refractivity contribution in [3.8, 4) is 6.07 Å². The third kappa shape index (κ3) is 3.56. The van der Waals surface area contributed by atoms with E-state index < -0.39 is 16.0 Å². The minimum atomic E-state index is -3.69. The molecule has 3 aromatic rings. The van der Waals surface area contributed by atoms with E-state index in [1.807, 2.05) is 17.0 Å². The van der Waals surface area contributed by atoms with Gasteiger partial charge in [0.1, 0.15) is 5.58 Å². The van der Waals surface area contributed by atoms with Crippen LogP contribution in [0.3, 0.4) is 0 Å². The minimum Gasteiger partial charge on any atom is -0.475 e. The first kappa shape index (κ1) is 20.4. The van der Waals surface area contributed by atoms with E-state index in [0.717, 1.165) is 5.69 Å². The zero-order valence-corrected chi connectivity index (χ0v) is 18.0. The van der Waals surface area contributed by atoms with E-state index in [4.69, 9.17) is 14.8 Å². The average Bonchev–Trinajstić information content (AvgIpc) is 3.20. The van der Waals surface area contributed by atoms with E-state index in [9.17, 15) is 13.2 Å². The summed E-state index contributed by atoms with van der Waals surface area (Å²) < 4.78 is 33.3. The van der Waals surface area contributed by atoms with Gasteiger partial charge in [0.25, 0.3) is 0 Å². The van der Waals surface area contributed by atoms with Gasteiger partial charge < -0.3 is 14.4 Å². The molecule has 1 aromatic heterocycles. The van der Waals surface area contributed by atoms with Crippen LogP contribution in [0.25, 0.3) is 11.0 Å². The van der Waals surface area contributed by atoms with E-state index in [1.54, 1.807) is 18.2 Å². The number of fused-ring (bicyclic) bond motifs is 1. The number of carboxylic acid groups (broad SMARTS) is 1. The van der Waals surface area contributed by atoms with Crippen LogP contribution in [0.15, 0.2) is 56.2 Å². The minimum absolute atomic E-state index is 0.109. The number of piperazine rings is 1. The van der Waals surface area contributed by atoms with Crippen LogP contribution >= 0.6 is 15.9 Å². The molecule has 0 aliphatic carbocycles. The molecule has 0 bridgehead atoms. The van der Waals surface area contributed by atoms with Gasteiger partial charge in [-0.1, -0.05) is 6.07 Å². The van der Waals surface area contributed by atoms with Crippen LogP contribution < -0.4 is 4.90 Å². The Balaban J connectivity index is 1.55. The molecule has 2 heterocycles. The van der Waals surface area contributed by atoms with Crippen LogP contribution in [-0.4, -0.2) is 50.0 Å². The maximum absolute atomic E-state index is 12.9. The number of anilines is 1. The largest absolute Gasteiger partial charge is 0.475 e. The molecule has 1 saturated heterocycles. The maximum Gasteiger partial charge on any atom is 0.371 e. The molecule has 1 aliphatic heterocycles. The molecule has 30 heavy (non-hydrogen) atoms. The Bertz CT molecular complexity index is 1290. The molecule has 1 N–H and O–H groups in total. The fourth-order valence-corrected chi connectivity index (χ4v) is 5.62. The van der Waals surface area contributed by atoms with Crippen molar-refractivity contribution in [3.05, 3.63) is 58.3 Å². The highest BCUT2D eigenvalue weighted by Gasteiger charge is 2.29. The van der Waals surface area contributed by atoms with Crippen molar-refractivity contribution in [2.75, 3.05) is 31.1 Å². The van der Waals surface area contributed by atoms with Gasteiger partial charge >= 0.3 is 5.97 Å². The predicted molar refractivity (Wildman–Crippen MR) is 113 cm³/mol. The van der Waals surface area contributed by atoms with Crippen molar-refractivity contribution in [1.82, 2.24) is 4.31 Å². The molecule has 2 aromatic carbocycles. The van der Waals surface area contributed by atoms with Crippen molar-refractivity contribution >= 4 is 48.6 Å². The second-order valence-electron chi connectivity index (χ2n) is 6.76. The zero-order valence-electron chi connectivity index (χ0n) is 15.6. The van der Waals surface area contributed by atoms with Crippen molar-refractivity contribution < 1.29 is 22.7 Å². The summed E-state index contributed by atoms with van der Waals surface area (Å²) in [6, 6.07) is 13.0. The molecule has 0 unspecified atom stereocenters. The summed E-state index contributed by atoms with van der Waals surface area (Å²) in [6.07, 6.45) is 0. The first-order valence-corrected chi connectivity index (χ1v) is 11.2. The summed E-state index contributed by atoms with van der Waals surface area (Å²) in [5.41, 5.74) is 1.60. The van der Waals surface area contributed by atoms with Gasteiger partial charge in [-0.3, -0.25) is 0 Å². The fourth-order valence-electron chi connectivity index (χ4n) is 3.46. The van der Waals surface area contributed by atoms with E-state index in [-0.39, 0.29) is 23.7 Å². The first-order valence-electron chi connectivity index (χ1n) is 9.02. The number of furan rings is 1. The van der Waals surface area contributed by atoms with Crippen LogP contribution in [0, 0.1) is 11.3 Å². The number of rotatable bonds is 4. The molecule has 154 valence electrons. The molecule has 10 heteroatoms. The third-order valence-corrected chi connectivity index (χ3v) is 7.73.